The molecular formula is C23H21BrN4O3. The molecule has 7 nitrogen and oxygen atoms in total. The predicted molar refractivity (Wildman–Crippen MR) is 119 cm³/mol. The van der Waals surface area contributed by atoms with Gasteiger partial charge < -0.3 is 9.15 Å². The van der Waals surface area contributed by atoms with E-state index in [-0.39, 0.29) is 12.3 Å². The largest absolute Gasteiger partial charge is 0.454 e. The van der Waals surface area contributed by atoms with Gasteiger partial charge in [0, 0.05) is 10.0 Å². The highest BCUT2D eigenvalue weighted by atomic mass is 79.9. The van der Waals surface area contributed by atoms with E-state index in [1.807, 2.05) is 56.3 Å². The zero-order valence-electron chi connectivity index (χ0n) is 17.6. The third-order valence-electron chi connectivity index (χ3n) is 5.08. The Morgan fingerprint density at radius 3 is 2.61 bits per heavy atom. The summed E-state index contributed by atoms with van der Waals surface area (Å²) >= 11 is 3.48. The Bertz CT molecular complexity index is 1280. The summed E-state index contributed by atoms with van der Waals surface area (Å²) in [5.41, 5.74) is 5.18. The van der Waals surface area contributed by atoms with Gasteiger partial charge >= 0.3 is 5.97 Å². The molecule has 0 aliphatic rings. The fourth-order valence-corrected chi connectivity index (χ4v) is 3.46. The van der Waals surface area contributed by atoms with Crippen molar-refractivity contribution in [2.75, 3.05) is 0 Å². The fraction of sp³-hybridized carbons (Fsp3) is 0.217. The van der Waals surface area contributed by atoms with Crippen LogP contribution in [0.15, 0.2) is 51.4 Å². The molecule has 158 valence electrons. The molecule has 0 aliphatic heterocycles. The van der Waals surface area contributed by atoms with Gasteiger partial charge in [0.15, 0.2) is 5.69 Å². The normalized spacial score (nSPS) is 11.0. The lowest BCUT2D eigenvalue weighted by Crippen LogP contribution is -2.09. The molecule has 0 saturated carbocycles. The van der Waals surface area contributed by atoms with Crippen LogP contribution in [-0.4, -0.2) is 25.9 Å². The minimum absolute atomic E-state index is 0.0102. The lowest BCUT2D eigenvalue weighted by Gasteiger charge is -2.06. The van der Waals surface area contributed by atoms with Crippen LogP contribution in [-0.2, 0) is 11.3 Å². The topological polar surface area (TPSA) is 83.0 Å². The van der Waals surface area contributed by atoms with E-state index in [1.54, 1.807) is 18.5 Å². The van der Waals surface area contributed by atoms with Crippen LogP contribution >= 0.6 is 15.9 Å². The maximum absolute atomic E-state index is 12.6. The van der Waals surface area contributed by atoms with Crippen molar-refractivity contribution in [2.45, 2.75) is 34.3 Å². The highest BCUT2D eigenvalue weighted by Gasteiger charge is 2.21. The SMILES string of the molecule is Cc1cc(-n2nnc(C(=O)OCc3nc(-c4ccccc4C)oc3C)c2C)ccc1Br. The van der Waals surface area contributed by atoms with Crippen LogP contribution in [0.1, 0.15) is 38.8 Å². The van der Waals surface area contributed by atoms with E-state index in [0.717, 1.165) is 26.9 Å². The summed E-state index contributed by atoms with van der Waals surface area (Å²) in [6.45, 7) is 7.55. The molecule has 2 aromatic heterocycles. The molecule has 0 atom stereocenters. The minimum Gasteiger partial charge on any atom is -0.454 e. The maximum atomic E-state index is 12.6. The maximum Gasteiger partial charge on any atom is 0.361 e. The van der Waals surface area contributed by atoms with Crippen LogP contribution in [0.3, 0.4) is 0 Å². The number of hydrogen-bond acceptors (Lipinski definition) is 6. The van der Waals surface area contributed by atoms with Gasteiger partial charge in [0.25, 0.3) is 0 Å². The van der Waals surface area contributed by atoms with Crippen molar-refractivity contribution in [3.8, 4) is 17.1 Å². The highest BCUT2D eigenvalue weighted by Crippen LogP contribution is 2.25. The Hall–Kier alpha value is -3.26. The van der Waals surface area contributed by atoms with Crippen LogP contribution in [0.25, 0.3) is 17.1 Å². The third-order valence-corrected chi connectivity index (χ3v) is 5.97. The molecule has 0 unspecified atom stereocenters. The van der Waals surface area contributed by atoms with Crippen molar-refractivity contribution < 1.29 is 13.9 Å². The number of hydrogen-bond donors (Lipinski definition) is 0. The molecule has 0 N–H and O–H groups in total. The number of benzene rings is 2. The Kier molecular flexibility index (Phi) is 5.73. The summed E-state index contributed by atoms with van der Waals surface area (Å²) in [6.07, 6.45) is 0. The van der Waals surface area contributed by atoms with Gasteiger partial charge in [-0.2, -0.15) is 0 Å². The predicted octanol–water partition coefficient (Wildman–Crippen LogP) is 5.28. The van der Waals surface area contributed by atoms with Gasteiger partial charge in [-0.3, -0.25) is 0 Å². The average molecular weight is 481 g/mol. The van der Waals surface area contributed by atoms with E-state index in [9.17, 15) is 4.79 Å². The van der Waals surface area contributed by atoms with Crippen LogP contribution in [0, 0.1) is 27.7 Å². The monoisotopic (exact) mass is 480 g/mol. The molecule has 4 rings (SSSR count). The first kappa shape index (κ1) is 21.0. The first-order valence-electron chi connectivity index (χ1n) is 9.73. The van der Waals surface area contributed by atoms with Crippen LogP contribution in [0.4, 0.5) is 0 Å². The van der Waals surface area contributed by atoms with E-state index in [0.29, 0.717) is 23.0 Å². The van der Waals surface area contributed by atoms with E-state index in [1.165, 1.54) is 0 Å². The molecular weight excluding hydrogens is 460 g/mol. The molecule has 2 heterocycles. The van der Waals surface area contributed by atoms with Gasteiger partial charge in [0.1, 0.15) is 18.1 Å². The average Bonchev–Trinajstić information content (AvgIpc) is 3.31. The van der Waals surface area contributed by atoms with Gasteiger partial charge in [0.2, 0.25) is 5.89 Å². The second-order valence-corrected chi connectivity index (χ2v) is 8.14. The first-order valence-corrected chi connectivity index (χ1v) is 10.5. The zero-order valence-corrected chi connectivity index (χ0v) is 19.2. The number of aryl methyl sites for hydroxylation is 3. The zero-order chi connectivity index (χ0) is 22.1. The molecule has 0 saturated heterocycles. The second kappa shape index (κ2) is 8.47. The number of nitrogens with zero attached hydrogens (tertiary/aromatic N) is 4. The van der Waals surface area contributed by atoms with Crippen molar-refractivity contribution in [2.24, 2.45) is 0 Å². The second-order valence-electron chi connectivity index (χ2n) is 7.28. The van der Waals surface area contributed by atoms with Crippen LogP contribution in [0.2, 0.25) is 0 Å². The Morgan fingerprint density at radius 2 is 1.87 bits per heavy atom. The molecule has 0 aliphatic carbocycles. The smallest absolute Gasteiger partial charge is 0.361 e. The number of carbonyl (C=O) groups excluding carboxylic acids is 1. The molecule has 0 radical (unpaired) electrons. The first-order chi connectivity index (χ1) is 14.8. The van der Waals surface area contributed by atoms with Gasteiger partial charge in [-0.05, 0) is 63.1 Å². The molecule has 4 aromatic rings. The highest BCUT2D eigenvalue weighted by molar-refractivity contribution is 9.10. The number of aromatic nitrogens is 4. The van der Waals surface area contributed by atoms with Gasteiger partial charge in [-0.25, -0.2) is 14.5 Å². The number of oxazole rings is 1. The number of ether oxygens (including phenoxy) is 1. The Morgan fingerprint density at radius 1 is 1.10 bits per heavy atom. The molecule has 0 fully saturated rings. The molecule has 0 bridgehead atoms. The summed E-state index contributed by atoms with van der Waals surface area (Å²) in [5.74, 6) is 0.559. The van der Waals surface area contributed by atoms with E-state index in [2.05, 4.69) is 31.2 Å². The lowest BCUT2D eigenvalue weighted by atomic mass is 10.1. The number of carbonyl (C=O) groups is 1. The van der Waals surface area contributed by atoms with Crippen molar-refractivity contribution in [1.82, 2.24) is 20.0 Å². The van der Waals surface area contributed by atoms with E-state index in [4.69, 9.17) is 9.15 Å². The molecule has 8 heteroatoms. The van der Waals surface area contributed by atoms with Crippen molar-refractivity contribution in [1.29, 1.82) is 0 Å². The van der Waals surface area contributed by atoms with Crippen LogP contribution in [0.5, 0.6) is 0 Å². The summed E-state index contributed by atoms with van der Waals surface area (Å²) in [6, 6.07) is 13.6. The van der Waals surface area contributed by atoms with Gasteiger partial charge in [-0.1, -0.05) is 39.3 Å². The van der Waals surface area contributed by atoms with E-state index < -0.39 is 5.97 Å². The van der Waals surface area contributed by atoms with Crippen LogP contribution < -0.4 is 0 Å². The number of rotatable bonds is 5. The number of halogens is 1. The van der Waals surface area contributed by atoms with Crippen molar-refractivity contribution in [3.05, 3.63) is 80.9 Å². The fourth-order valence-electron chi connectivity index (χ4n) is 3.22. The third kappa shape index (κ3) is 4.16. The van der Waals surface area contributed by atoms with Crippen molar-refractivity contribution >= 4 is 21.9 Å². The van der Waals surface area contributed by atoms with Gasteiger partial charge in [0.05, 0.1) is 11.4 Å². The molecule has 0 spiro atoms. The summed E-state index contributed by atoms with van der Waals surface area (Å²) < 4.78 is 13.9. The molecule has 31 heavy (non-hydrogen) atoms. The lowest BCUT2D eigenvalue weighted by molar-refractivity contribution is 0.0459. The molecule has 0 amide bonds. The van der Waals surface area contributed by atoms with Gasteiger partial charge in [-0.15, -0.1) is 5.10 Å². The number of esters is 1. The summed E-state index contributed by atoms with van der Waals surface area (Å²) in [7, 11) is 0. The molecule has 2 aromatic carbocycles. The summed E-state index contributed by atoms with van der Waals surface area (Å²) in [4.78, 5) is 17.2. The Labute approximate surface area is 188 Å². The minimum atomic E-state index is -0.558. The van der Waals surface area contributed by atoms with E-state index >= 15 is 0 Å². The summed E-state index contributed by atoms with van der Waals surface area (Å²) in [5, 5.41) is 8.15. The standard InChI is InChI=1S/C23H21BrN4O3/c1-13-7-5-6-8-18(13)22-25-20(16(4)31-22)12-30-23(29)21-15(3)28(27-26-21)17-9-10-19(24)14(2)11-17/h5-11H,12H2,1-4H3. The Balaban J connectivity index is 1.51. The quantitative estimate of drug-likeness (QED) is 0.361. The van der Waals surface area contributed by atoms with Crippen molar-refractivity contribution in [3.63, 3.8) is 0 Å².